The monoisotopic (exact) mass is 329 g/mol. The molecule has 0 fully saturated rings. The highest BCUT2D eigenvalue weighted by atomic mass is 35.5. The van der Waals surface area contributed by atoms with Crippen LogP contribution in [0.4, 0.5) is 4.39 Å². The van der Waals surface area contributed by atoms with Gasteiger partial charge in [-0.3, -0.25) is 0 Å². The first-order valence-electron chi connectivity index (χ1n) is 6.53. The molecule has 24 heavy (non-hydrogen) atoms. The Hall–Kier alpha value is -2.59. The van der Waals surface area contributed by atoms with E-state index in [0.717, 1.165) is 0 Å². The molecule has 0 unspecified atom stereocenters. The van der Waals surface area contributed by atoms with Crippen molar-refractivity contribution in [2.75, 3.05) is 0 Å². The first kappa shape index (κ1) is 16.3. The van der Waals surface area contributed by atoms with Gasteiger partial charge in [-0.05, 0) is 17.7 Å². The van der Waals surface area contributed by atoms with Crippen LogP contribution < -0.4 is 16.6 Å². The molecule has 108 valence electrons. The summed E-state index contributed by atoms with van der Waals surface area (Å²) in [4.78, 5) is 8.03. The number of nitriles is 1. The van der Waals surface area contributed by atoms with Gasteiger partial charge in [-0.25, -0.2) is 19.0 Å². The highest BCUT2D eigenvalue weighted by Crippen LogP contribution is 2.28. The molecule has 0 saturated carbocycles. The molecular weight excluding hydrogens is 325 g/mol. The minimum absolute atomic E-state index is 0.0494. The number of nitrogens with zero attached hydrogens (tertiary/aromatic N) is 5. The van der Waals surface area contributed by atoms with Crippen molar-refractivity contribution in [3.05, 3.63) is 40.9 Å². The van der Waals surface area contributed by atoms with Gasteiger partial charge in [-0.2, -0.15) is 10.4 Å². The Bertz CT molecular complexity index is 999. The highest BCUT2D eigenvalue weighted by molar-refractivity contribution is 6.56. The third-order valence-electron chi connectivity index (χ3n) is 3.29. The van der Waals surface area contributed by atoms with Gasteiger partial charge in [0, 0.05) is 17.2 Å². The standard InChI is InChI=1S/C14H4B3ClFN5/c15-11-13(16)23-24(14(11)17)10-3-9(21-5-22-10)7-1-6(4-20)2-8(18)12(7)19/h1-3,5H. The van der Waals surface area contributed by atoms with Gasteiger partial charge in [-0.15, -0.1) is 0 Å². The van der Waals surface area contributed by atoms with Gasteiger partial charge < -0.3 is 0 Å². The van der Waals surface area contributed by atoms with Crippen LogP contribution in [0.3, 0.4) is 0 Å². The quantitative estimate of drug-likeness (QED) is 0.588. The highest BCUT2D eigenvalue weighted by Gasteiger charge is 2.15. The Balaban J connectivity index is 2.17. The average Bonchev–Trinajstić information content (AvgIpc) is 2.85. The Kier molecular flexibility index (Phi) is 4.16. The summed E-state index contributed by atoms with van der Waals surface area (Å²) in [6.45, 7) is 0. The molecule has 0 amide bonds. The van der Waals surface area contributed by atoms with Gasteiger partial charge in [0.25, 0.3) is 0 Å². The summed E-state index contributed by atoms with van der Waals surface area (Å²) in [6.07, 6.45) is 1.20. The molecule has 1 aromatic carbocycles. The van der Waals surface area contributed by atoms with E-state index in [1.54, 1.807) is 0 Å². The fourth-order valence-electron chi connectivity index (χ4n) is 2.09. The van der Waals surface area contributed by atoms with Crippen LogP contribution in [0.2, 0.25) is 5.02 Å². The van der Waals surface area contributed by atoms with Crippen molar-refractivity contribution in [1.29, 1.82) is 5.26 Å². The number of benzene rings is 1. The lowest BCUT2D eigenvalue weighted by molar-refractivity contribution is 0.631. The number of hydrogen-bond acceptors (Lipinski definition) is 4. The summed E-state index contributed by atoms with van der Waals surface area (Å²) in [5, 5.41) is 12.8. The minimum atomic E-state index is -0.701. The van der Waals surface area contributed by atoms with Gasteiger partial charge in [0.15, 0.2) is 11.6 Å². The molecular formula is C14H4B3ClFN5. The SMILES string of the molecule is [B]c1nn(-c2cc(-c3cc(C#N)cc(Cl)c3F)ncn2)c([B])c1[B]. The second-order valence-corrected chi connectivity index (χ2v) is 5.20. The molecule has 0 aliphatic rings. The van der Waals surface area contributed by atoms with Gasteiger partial charge in [-0.1, -0.05) is 17.1 Å². The lowest BCUT2D eigenvalue weighted by Gasteiger charge is -2.08. The van der Waals surface area contributed by atoms with Crippen LogP contribution in [0.25, 0.3) is 17.1 Å². The Morgan fingerprint density at radius 3 is 2.54 bits per heavy atom. The first-order chi connectivity index (χ1) is 11.4. The maximum atomic E-state index is 14.3. The van der Waals surface area contributed by atoms with E-state index in [9.17, 15) is 4.39 Å². The minimum Gasteiger partial charge on any atom is -0.236 e. The molecule has 0 N–H and O–H groups in total. The zero-order valence-corrected chi connectivity index (χ0v) is 12.8. The van der Waals surface area contributed by atoms with Gasteiger partial charge in [0.05, 0.1) is 22.3 Å². The largest absolute Gasteiger partial charge is 0.236 e. The fourth-order valence-corrected chi connectivity index (χ4v) is 2.30. The van der Waals surface area contributed by atoms with Crippen molar-refractivity contribution < 1.29 is 4.39 Å². The Labute approximate surface area is 145 Å². The summed E-state index contributed by atoms with van der Waals surface area (Å²) in [5.41, 5.74) is 0.715. The van der Waals surface area contributed by atoms with E-state index in [1.807, 2.05) is 6.07 Å². The molecule has 0 bridgehead atoms. The summed E-state index contributed by atoms with van der Waals surface area (Å²) < 4.78 is 15.5. The maximum absolute atomic E-state index is 14.3. The lowest BCUT2D eigenvalue weighted by Crippen LogP contribution is -2.35. The van der Waals surface area contributed by atoms with Crippen molar-refractivity contribution >= 4 is 51.8 Å². The van der Waals surface area contributed by atoms with Crippen LogP contribution in [0.15, 0.2) is 24.5 Å². The Morgan fingerprint density at radius 2 is 1.92 bits per heavy atom. The molecule has 5 nitrogen and oxygen atoms in total. The van der Waals surface area contributed by atoms with Crippen molar-refractivity contribution in [3.63, 3.8) is 0 Å². The summed E-state index contributed by atoms with van der Waals surface area (Å²) in [5.74, 6) is -0.466. The molecule has 0 saturated heterocycles. The second kappa shape index (κ2) is 6.14. The van der Waals surface area contributed by atoms with E-state index in [0.29, 0.717) is 0 Å². The number of hydrogen-bond donors (Lipinski definition) is 0. The van der Waals surface area contributed by atoms with E-state index in [1.165, 1.54) is 29.2 Å². The number of rotatable bonds is 2. The van der Waals surface area contributed by atoms with Crippen LogP contribution in [0.1, 0.15) is 5.56 Å². The zero-order valence-electron chi connectivity index (χ0n) is 12.0. The lowest BCUT2D eigenvalue weighted by atomic mass is 9.80. The zero-order chi connectivity index (χ0) is 17.4. The molecule has 10 heteroatoms. The third-order valence-corrected chi connectivity index (χ3v) is 3.57. The van der Waals surface area contributed by atoms with E-state index in [4.69, 9.17) is 40.4 Å². The second-order valence-electron chi connectivity index (χ2n) is 4.79. The van der Waals surface area contributed by atoms with Crippen molar-refractivity contribution in [1.82, 2.24) is 19.7 Å². The summed E-state index contributed by atoms with van der Waals surface area (Å²) >= 11 is 5.81. The molecule has 0 aliphatic heterocycles. The van der Waals surface area contributed by atoms with Gasteiger partial charge >= 0.3 is 0 Å². The molecule has 3 aromatic rings. The van der Waals surface area contributed by atoms with E-state index in [-0.39, 0.29) is 44.3 Å². The number of halogens is 2. The molecule has 3 rings (SSSR count). The van der Waals surface area contributed by atoms with Crippen molar-refractivity contribution in [2.45, 2.75) is 0 Å². The van der Waals surface area contributed by atoms with E-state index in [2.05, 4.69) is 15.1 Å². The topological polar surface area (TPSA) is 67.4 Å². The molecule has 0 aliphatic carbocycles. The predicted octanol–water partition coefficient (Wildman–Crippen LogP) is -0.625. The van der Waals surface area contributed by atoms with Crippen LogP contribution in [0.5, 0.6) is 0 Å². The van der Waals surface area contributed by atoms with Crippen LogP contribution in [-0.2, 0) is 0 Å². The van der Waals surface area contributed by atoms with Gasteiger partial charge in [0.1, 0.15) is 29.9 Å². The van der Waals surface area contributed by atoms with E-state index >= 15 is 0 Å². The Morgan fingerprint density at radius 1 is 1.17 bits per heavy atom. The summed E-state index contributed by atoms with van der Waals surface area (Å²) in [6, 6.07) is 5.90. The first-order valence-corrected chi connectivity index (χ1v) is 6.91. The third kappa shape index (κ3) is 2.70. The van der Waals surface area contributed by atoms with Crippen molar-refractivity contribution in [3.8, 4) is 23.1 Å². The molecule has 0 spiro atoms. The smallest absolute Gasteiger partial charge is 0.156 e. The van der Waals surface area contributed by atoms with Crippen LogP contribution >= 0.6 is 11.6 Å². The molecule has 0 atom stereocenters. The van der Waals surface area contributed by atoms with Crippen LogP contribution in [0, 0.1) is 17.1 Å². The van der Waals surface area contributed by atoms with Gasteiger partial charge in [0.2, 0.25) is 0 Å². The molecule has 6 radical (unpaired) electrons. The van der Waals surface area contributed by atoms with Crippen LogP contribution in [-0.4, -0.2) is 43.3 Å². The molecule has 2 aromatic heterocycles. The maximum Gasteiger partial charge on any atom is 0.156 e. The average molecular weight is 329 g/mol. The summed E-state index contributed by atoms with van der Waals surface area (Å²) in [7, 11) is 17.1. The number of aromatic nitrogens is 4. The van der Waals surface area contributed by atoms with E-state index < -0.39 is 5.82 Å². The van der Waals surface area contributed by atoms with Crippen molar-refractivity contribution in [2.24, 2.45) is 0 Å². The normalized spacial score (nSPS) is 10.5. The fraction of sp³-hybridized carbons (Fsp3) is 0. The predicted molar refractivity (Wildman–Crippen MR) is 90.4 cm³/mol. The molecule has 2 heterocycles.